The Bertz CT molecular complexity index is 1700. The molecule has 0 saturated carbocycles. The van der Waals surface area contributed by atoms with Gasteiger partial charge in [0.15, 0.2) is 0 Å². The molecule has 0 unspecified atom stereocenters. The number of pyridine rings is 1. The maximum atomic E-state index is 13.9. The predicted molar refractivity (Wildman–Crippen MR) is 163 cm³/mol. The third-order valence-electron chi connectivity index (χ3n) is 9.03. The van der Waals surface area contributed by atoms with E-state index in [1.807, 2.05) is 4.90 Å². The number of amides is 2. The van der Waals surface area contributed by atoms with Crippen LogP contribution in [0.25, 0.3) is 11.2 Å². The van der Waals surface area contributed by atoms with Crippen LogP contribution in [-0.2, 0) is 17.8 Å². The second kappa shape index (κ2) is 12.4. The van der Waals surface area contributed by atoms with E-state index in [4.69, 9.17) is 4.84 Å². The Morgan fingerprint density at radius 3 is 2.58 bits per heavy atom. The summed E-state index contributed by atoms with van der Waals surface area (Å²) in [5.41, 5.74) is 3.72. The number of carbonyl (C=O) groups excluding carboxylic acids is 2. The number of fused-ring (bicyclic) bond motifs is 2. The molecular formula is C31H36N10O4. The van der Waals surface area contributed by atoms with Gasteiger partial charge in [0, 0.05) is 70.5 Å². The first-order valence-electron chi connectivity index (χ1n) is 15.5. The van der Waals surface area contributed by atoms with E-state index in [0.717, 1.165) is 37.2 Å². The third kappa shape index (κ3) is 6.15. The molecule has 3 aromatic heterocycles. The Balaban J connectivity index is 1.09. The molecule has 2 amide bonds. The number of β-amino-alcohol motifs (C(OH)–C–C–N with tert-alkyl or cyclic N) is 1. The Kier molecular flexibility index (Phi) is 7.98. The number of aliphatic hydroxyl groups is 1. The summed E-state index contributed by atoms with van der Waals surface area (Å²) in [4.78, 5) is 51.7. The standard InChI is InChI=1S/C31H36N10O4/c1-20(42)38-14-9-23(10-15-38)33-28-17-25(34-31(35-28)45-41-29-24(36-37-41)7-4-12-32-29)30(44)40-16-11-26(27(43)19-40)39-13-8-21-5-2-3-6-22(21)18-39/h2-7,12,17,23,26-27,43H,8-11,13-16,18-19H2,1H3,(H,33,34,35)/t26-,27-/m0/s1. The van der Waals surface area contributed by atoms with Crippen LogP contribution in [0.1, 0.15) is 47.8 Å². The van der Waals surface area contributed by atoms with Gasteiger partial charge in [0.2, 0.25) is 11.6 Å². The number of hydrogen-bond acceptors (Lipinski definition) is 11. The normalized spacial score (nSPS) is 21.0. The summed E-state index contributed by atoms with van der Waals surface area (Å²) >= 11 is 0. The van der Waals surface area contributed by atoms with E-state index in [2.05, 4.69) is 59.7 Å². The largest absolute Gasteiger partial charge is 0.390 e. The molecule has 14 heteroatoms. The molecule has 7 rings (SSSR count). The van der Waals surface area contributed by atoms with Crippen LogP contribution in [0, 0.1) is 0 Å². The molecule has 0 aliphatic carbocycles. The Hall–Kier alpha value is -4.69. The highest BCUT2D eigenvalue weighted by Crippen LogP contribution is 2.27. The van der Waals surface area contributed by atoms with E-state index < -0.39 is 6.10 Å². The monoisotopic (exact) mass is 612 g/mol. The van der Waals surface area contributed by atoms with Crippen molar-refractivity contribution in [3.63, 3.8) is 0 Å². The molecule has 6 heterocycles. The van der Waals surface area contributed by atoms with Crippen LogP contribution in [-0.4, -0.2) is 113 Å². The molecule has 3 aliphatic rings. The van der Waals surface area contributed by atoms with Gasteiger partial charge in [-0.15, -0.1) is 5.10 Å². The third-order valence-corrected chi connectivity index (χ3v) is 9.03. The van der Waals surface area contributed by atoms with Crippen molar-refractivity contribution in [2.75, 3.05) is 38.0 Å². The zero-order valence-corrected chi connectivity index (χ0v) is 25.1. The number of aliphatic hydroxyl groups excluding tert-OH is 1. The molecule has 14 nitrogen and oxygen atoms in total. The maximum absolute atomic E-state index is 13.9. The lowest BCUT2D eigenvalue weighted by molar-refractivity contribution is -0.129. The molecule has 2 N–H and O–H groups in total. The second-order valence-electron chi connectivity index (χ2n) is 11.9. The predicted octanol–water partition coefficient (Wildman–Crippen LogP) is 1.51. The van der Waals surface area contributed by atoms with Crippen molar-refractivity contribution in [2.24, 2.45) is 0 Å². The van der Waals surface area contributed by atoms with Crippen LogP contribution in [0.4, 0.5) is 5.82 Å². The number of anilines is 1. The van der Waals surface area contributed by atoms with Crippen LogP contribution in [0.3, 0.4) is 0 Å². The lowest BCUT2D eigenvalue weighted by Gasteiger charge is -2.43. The number of nitrogens with zero attached hydrogens (tertiary/aromatic N) is 9. The molecule has 4 aromatic rings. The highest BCUT2D eigenvalue weighted by molar-refractivity contribution is 5.93. The summed E-state index contributed by atoms with van der Waals surface area (Å²) in [5.74, 6) is 0.160. The van der Waals surface area contributed by atoms with E-state index in [1.54, 1.807) is 36.2 Å². The lowest BCUT2D eigenvalue weighted by Crippen LogP contribution is -2.56. The fourth-order valence-electron chi connectivity index (χ4n) is 6.57. The Morgan fingerprint density at radius 1 is 0.978 bits per heavy atom. The van der Waals surface area contributed by atoms with Gasteiger partial charge in [-0.25, -0.2) is 4.98 Å². The van der Waals surface area contributed by atoms with Gasteiger partial charge < -0.3 is 25.1 Å². The van der Waals surface area contributed by atoms with Crippen LogP contribution < -0.4 is 10.2 Å². The molecule has 0 bridgehead atoms. The van der Waals surface area contributed by atoms with Crippen molar-refractivity contribution in [3.8, 4) is 6.01 Å². The number of likely N-dealkylation sites (tertiary alicyclic amines) is 2. The van der Waals surface area contributed by atoms with E-state index in [-0.39, 0.29) is 42.1 Å². The van der Waals surface area contributed by atoms with Gasteiger partial charge in [0.1, 0.15) is 17.0 Å². The topological polar surface area (TPSA) is 155 Å². The smallest absolute Gasteiger partial charge is 0.348 e. The van der Waals surface area contributed by atoms with E-state index in [0.29, 0.717) is 43.0 Å². The summed E-state index contributed by atoms with van der Waals surface area (Å²) < 4.78 is 0. The summed E-state index contributed by atoms with van der Waals surface area (Å²) in [5, 5.41) is 22.7. The molecule has 2 atom stereocenters. The first-order chi connectivity index (χ1) is 21.9. The number of rotatable bonds is 6. The number of nitrogens with one attached hydrogen (secondary N) is 1. The molecule has 234 valence electrons. The van der Waals surface area contributed by atoms with Gasteiger partial charge in [-0.3, -0.25) is 14.5 Å². The van der Waals surface area contributed by atoms with Crippen molar-refractivity contribution in [2.45, 2.75) is 57.3 Å². The molecule has 1 aromatic carbocycles. The summed E-state index contributed by atoms with van der Waals surface area (Å²) in [6.07, 6.45) is 3.99. The van der Waals surface area contributed by atoms with Gasteiger partial charge in [-0.05, 0) is 59.0 Å². The molecule has 2 fully saturated rings. The second-order valence-corrected chi connectivity index (χ2v) is 11.9. The SMILES string of the molecule is CC(=O)N1CCC(Nc2cc(C(=O)N3CC[C@H](N4CCc5ccccc5C4)[C@@H](O)C3)nc(On3nnc4cccnc43)n2)CC1. The first kappa shape index (κ1) is 29.0. The van der Waals surface area contributed by atoms with E-state index in [9.17, 15) is 14.7 Å². The summed E-state index contributed by atoms with van der Waals surface area (Å²) in [7, 11) is 0. The van der Waals surface area contributed by atoms with Crippen molar-refractivity contribution in [1.82, 2.24) is 44.8 Å². The Labute approximate surface area is 260 Å². The van der Waals surface area contributed by atoms with Gasteiger partial charge in [0.25, 0.3) is 5.91 Å². The van der Waals surface area contributed by atoms with Crippen LogP contribution in [0.5, 0.6) is 6.01 Å². The van der Waals surface area contributed by atoms with Gasteiger partial charge in [0.05, 0.1) is 6.10 Å². The molecule has 2 saturated heterocycles. The summed E-state index contributed by atoms with van der Waals surface area (Å²) in [6.45, 7) is 5.22. The number of hydrogen-bond donors (Lipinski definition) is 2. The van der Waals surface area contributed by atoms with Crippen LogP contribution in [0.2, 0.25) is 0 Å². The van der Waals surface area contributed by atoms with Crippen LogP contribution in [0.15, 0.2) is 48.7 Å². The number of aromatic nitrogens is 6. The van der Waals surface area contributed by atoms with E-state index >= 15 is 0 Å². The highest BCUT2D eigenvalue weighted by atomic mass is 16.7. The first-order valence-corrected chi connectivity index (χ1v) is 15.5. The fraction of sp³-hybridized carbons (Fsp3) is 0.452. The van der Waals surface area contributed by atoms with Gasteiger partial charge in [-0.2, -0.15) is 9.97 Å². The number of piperidine rings is 2. The minimum absolute atomic E-state index is 0.0297. The maximum Gasteiger partial charge on any atom is 0.348 e. The molecular weight excluding hydrogens is 576 g/mol. The average Bonchev–Trinajstić information content (AvgIpc) is 3.46. The lowest BCUT2D eigenvalue weighted by atomic mass is 9.94. The van der Waals surface area contributed by atoms with Crippen molar-refractivity contribution < 1.29 is 19.5 Å². The highest BCUT2D eigenvalue weighted by Gasteiger charge is 2.36. The van der Waals surface area contributed by atoms with Crippen LogP contribution >= 0.6 is 0 Å². The van der Waals surface area contributed by atoms with Crippen molar-refractivity contribution >= 4 is 28.8 Å². The molecule has 45 heavy (non-hydrogen) atoms. The minimum Gasteiger partial charge on any atom is -0.390 e. The number of carbonyl (C=O) groups is 2. The van der Waals surface area contributed by atoms with E-state index in [1.165, 1.54) is 11.1 Å². The minimum atomic E-state index is -0.692. The molecule has 0 spiro atoms. The quantitative estimate of drug-likeness (QED) is 0.326. The Morgan fingerprint density at radius 2 is 1.78 bits per heavy atom. The van der Waals surface area contributed by atoms with Crippen molar-refractivity contribution in [1.29, 1.82) is 0 Å². The zero-order chi connectivity index (χ0) is 30.9. The number of benzene rings is 1. The molecule has 3 aliphatic heterocycles. The average molecular weight is 613 g/mol. The van der Waals surface area contributed by atoms with Crippen molar-refractivity contribution in [3.05, 3.63) is 65.5 Å². The molecule has 0 radical (unpaired) electrons. The zero-order valence-electron chi connectivity index (χ0n) is 25.1. The fourth-order valence-corrected chi connectivity index (χ4v) is 6.57. The van der Waals surface area contributed by atoms with Gasteiger partial charge in [-0.1, -0.05) is 24.3 Å². The summed E-state index contributed by atoms with van der Waals surface area (Å²) in [6, 6.07) is 13.5. The van der Waals surface area contributed by atoms with Gasteiger partial charge >= 0.3 is 6.01 Å².